The molecule has 0 radical (unpaired) electrons. The predicted octanol–water partition coefficient (Wildman–Crippen LogP) is 4.83. The van der Waals surface area contributed by atoms with Gasteiger partial charge in [0.2, 0.25) is 0 Å². The molecule has 1 amide bonds. The number of nitrogens with zero attached hydrogens (tertiary/aromatic N) is 1. The lowest BCUT2D eigenvalue weighted by atomic mass is 10.1. The minimum atomic E-state index is -0.144. The molecule has 0 spiro atoms. The highest BCUT2D eigenvalue weighted by Gasteiger charge is 2.10. The van der Waals surface area contributed by atoms with Gasteiger partial charge in [-0.2, -0.15) is 0 Å². The topological polar surface area (TPSA) is 57.8 Å². The molecule has 0 aliphatic carbocycles. The van der Waals surface area contributed by atoms with E-state index in [4.69, 9.17) is 0 Å². The molecule has 136 valence electrons. The van der Waals surface area contributed by atoms with Gasteiger partial charge < -0.3 is 10.3 Å². The number of hydrogen-bond acceptors (Lipinski definition) is 2. The van der Waals surface area contributed by atoms with Crippen LogP contribution in [0.1, 0.15) is 32.9 Å². The van der Waals surface area contributed by atoms with Crippen LogP contribution in [0.4, 0.5) is 5.69 Å². The third-order valence-corrected chi connectivity index (χ3v) is 4.69. The summed E-state index contributed by atoms with van der Waals surface area (Å²) in [6.45, 7) is 4.09. The van der Waals surface area contributed by atoms with Crippen LogP contribution >= 0.6 is 0 Å². The predicted molar refractivity (Wildman–Crippen MR) is 112 cm³/mol. The largest absolute Gasteiger partial charge is 0.358 e. The molecule has 0 saturated carbocycles. The van der Waals surface area contributed by atoms with Crippen LogP contribution in [-0.4, -0.2) is 15.9 Å². The molecule has 0 fully saturated rings. The van der Waals surface area contributed by atoms with Crippen molar-refractivity contribution in [3.05, 3.63) is 94.9 Å². The number of aromatic amines is 1. The molecule has 2 aromatic heterocycles. The van der Waals surface area contributed by atoms with Crippen molar-refractivity contribution in [3.8, 4) is 11.8 Å². The van der Waals surface area contributed by atoms with Crippen LogP contribution in [0.5, 0.6) is 0 Å². The Bertz CT molecular complexity index is 1230. The van der Waals surface area contributed by atoms with E-state index in [2.05, 4.69) is 34.0 Å². The van der Waals surface area contributed by atoms with E-state index < -0.39 is 0 Å². The van der Waals surface area contributed by atoms with E-state index in [-0.39, 0.29) is 5.91 Å². The maximum Gasteiger partial charge on any atom is 0.255 e. The van der Waals surface area contributed by atoms with Crippen molar-refractivity contribution in [1.82, 2.24) is 9.97 Å². The van der Waals surface area contributed by atoms with Gasteiger partial charge >= 0.3 is 0 Å². The second-order valence-electron chi connectivity index (χ2n) is 6.64. The molecule has 0 aliphatic rings. The number of aromatic nitrogens is 2. The molecule has 4 heteroatoms. The molecule has 0 saturated heterocycles. The van der Waals surface area contributed by atoms with E-state index in [1.165, 1.54) is 0 Å². The number of H-pyrrole nitrogens is 1. The van der Waals surface area contributed by atoms with E-state index in [9.17, 15) is 4.79 Å². The molecule has 0 unspecified atom stereocenters. The molecular formula is C24H19N3O. The number of carbonyl (C=O) groups is 1. The molecule has 2 aromatic carbocycles. The smallest absolute Gasteiger partial charge is 0.255 e. The van der Waals surface area contributed by atoms with Gasteiger partial charge in [0.05, 0.1) is 0 Å². The molecule has 28 heavy (non-hydrogen) atoms. The molecule has 4 rings (SSSR count). The van der Waals surface area contributed by atoms with E-state index in [1.54, 1.807) is 6.20 Å². The quantitative estimate of drug-likeness (QED) is 0.500. The molecular weight excluding hydrogens is 346 g/mol. The normalized spacial score (nSPS) is 10.4. The summed E-state index contributed by atoms with van der Waals surface area (Å²) in [6.07, 6.45) is 1.71. The number of nitrogens with one attached hydrogen (secondary N) is 2. The van der Waals surface area contributed by atoms with Crippen LogP contribution in [0.3, 0.4) is 0 Å². The zero-order valence-corrected chi connectivity index (χ0v) is 15.7. The lowest BCUT2D eigenvalue weighted by Crippen LogP contribution is -2.11. The van der Waals surface area contributed by atoms with Crippen molar-refractivity contribution in [2.75, 3.05) is 5.32 Å². The number of pyridine rings is 1. The third-order valence-electron chi connectivity index (χ3n) is 4.69. The van der Waals surface area contributed by atoms with Crippen molar-refractivity contribution in [1.29, 1.82) is 0 Å². The maximum absolute atomic E-state index is 12.7. The van der Waals surface area contributed by atoms with E-state index >= 15 is 0 Å². The minimum absolute atomic E-state index is 0.144. The summed E-state index contributed by atoms with van der Waals surface area (Å²) < 4.78 is 0. The van der Waals surface area contributed by atoms with Crippen LogP contribution in [0.2, 0.25) is 0 Å². The Morgan fingerprint density at radius 3 is 2.71 bits per heavy atom. The zero-order chi connectivity index (χ0) is 19.5. The maximum atomic E-state index is 12.7. The van der Waals surface area contributed by atoms with Gasteiger partial charge in [0.25, 0.3) is 5.91 Å². The highest BCUT2D eigenvalue weighted by Crippen LogP contribution is 2.23. The highest BCUT2D eigenvalue weighted by molar-refractivity contribution is 6.06. The summed E-state index contributed by atoms with van der Waals surface area (Å²) in [5.41, 5.74) is 6.18. The van der Waals surface area contributed by atoms with Crippen LogP contribution < -0.4 is 5.32 Å². The first-order valence-electron chi connectivity index (χ1n) is 9.03. The number of carbonyl (C=O) groups excluding carboxylic acids is 1. The molecule has 2 heterocycles. The first-order valence-corrected chi connectivity index (χ1v) is 9.03. The lowest BCUT2D eigenvalue weighted by Gasteiger charge is -2.06. The standard InChI is InChI=1S/C24H19N3O/c1-16-17(2)26-23-12-10-19(15-22(16)23)24(28)27-21-8-5-6-18(14-21)9-11-20-7-3-4-13-25-20/h3-8,10,12-15,26H,1-2H3,(H,27,28). The Labute approximate surface area is 163 Å². The summed E-state index contributed by atoms with van der Waals surface area (Å²) >= 11 is 0. The van der Waals surface area contributed by atoms with Crippen molar-refractivity contribution in [3.63, 3.8) is 0 Å². The van der Waals surface area contributed by atoms with Gasteiger partial charge in [0.15, 0.2) is 0 Å². The fourth-order valence-electron chi connectivity index (χ4n) is 3.05. The van der Waals surface area contributed by atoms with Crippen LogP contribution in [0.25, 0.3) is 10.9 Å². The summed E-state index contributed by atoms with van der Waals surface area (Å²) in [7, 11) is 0. The van der Waals surface area contributed by atoms with Gasteiger partial charge in [-0.3, -0.25) is 4.79 Å². The van der Waals surface area contributed by atoms with E-state index in [1.807, 2.05) is 67.6 Å². The Morgan fingerprint density at radius 1 is 1.00 bits per heavy atom. The lowest BCUT2D eigenvalue weighted by molar-refractivity contribution is 0.102. The summed E-state index contributed by atoms with van der Waals surface area (Å²) in [4.78, 5) is 20.2. The highest BCUT2D eigenvalue weighted by atomic mass is 16.1. The number of hydrogen-bond donors (Lipinski definition) is 2. The van der Waals surface area contributed by atoms with Gasteiger partial charge in [0, 0.05) is 39.6 Å². The average Bonchev–Trinajstić information content (AvgIpc) is 3.01. The minimum Gasteiger partial charge on any atom is -0.358 e. The Hall–Kier alpha value is -3.84. The Kier molecular flexibility index (Phi) is 4.65. The number of aryl methyl sites for hydroxylation is 2. The monoisotopic (exact) mass is 365 g/mol. The third kappa shape index (κ3) is 3.65. The number of fused-ring (bicyclic) bond motifs is 1. The molecule has 0 atom stereocenters. The van der Waals surface area contributed by atoms with Crippen molar-refractivity contribution in [2.45, 2.75) is 13.8 Å². The molecule has 0 aliphatic heterocycles. The fourth-order valence-corrected chi connectivity index (χ4v) is 3.05. The Morgan fingerprint density at radius 2 is 1.89 bits per heavy atom. The first-order chi connectivity index (χ1) is 13.6. The molecule has 4 aromatic rings. The first kappa shape index (κ1) is 17.6. The average molecular weight is 365 g/mol. The summed E-state index contributed by atoms with van der Waals surface area (Å²) in [6, 6.07) is 18.8. The summed E-state index contributed by atoms with van der Waals surface area (Å²) in [5.74, 6) is 5.96. The number of amides is 1. The number of anilines is 1. The molecule has 4 nitrogen and oxygen atoms in total. The van der Waals surface area contributed by atoms with Gasteiger partial charge in [0.1, 0.15) is 5.69 Å². The molecule has 2 N–H and O–H groups in total. The van der Waals surface area contributed by atoms with Crippen LogP contribution in [0.15, 0.2) is 66.9 Å². The van der Waals surface area contributed by atoms with E-state index in [0.29, 0.717) is 16.9 Å². The van der Waals surface area contributed by atoms with Crippen LogP contribution in [-0.2, 0) is 0 Å². The number of rotatable bonds is 2. The fraction of sp³-hybridized carbons (Fsp3) is 0.0833. The van der Waals surface area contributed by atoms with Crippen molar-refractivity contribution in [2.24, 2.45) is 0 Å². The van der Waals surface area contributed by atoms with Crippen molar-refractivity contribution < 1.29 is 4.79 Å². The van der Waals surface area contributed by atoms with E-state index in [0.717, 1.165) is 27.7 Å². The second kappa shape index (κ2) is 7.42. The Balaban J connectivity index is 1.55. The zero-order valence-electron chi connectivity index (χ0n) is 15.7. The van der Waals surface area contributed by atoms with Gasteiger partial charge in [-0.1, -0.05) is 18.1 Å². The second-order valence-corrected chi connectivity index (χ2v) is 6.64. The number of benzene rings is 2. The van der Waals surface area contributed by atoms with Gasteiger partial charge in [-0.25, -0.2) is 4.98 Å². The van der Waals surface area contributed by atoms with Crippen molar-refractivity contribution >= 4 is 22.5 Å². The van der Waals surface area contributed by atoms with Crippen LogP contribution in [0, 0.1) is 25.7 Å². The van der Waals surface area contributed by atoms with Gasteiger partial charge in [-0.15, -0.1) is 0 Å². The SMILES string of the molecule is Cc1[nH]c2ccc(C(=O)Nc3cccc(C#Cc4ccccn4)c3)cc2c1C. The van der Waals surface area contributed by atoms with Gasteiger partial charge in [-0.05, 0) is 73.9 Å². The summed E-state index contributed by atoms with van der Waals surface area (Å²) in [5, 5.41) is 4.02. The molecule has 0 bridgehead atoms.